The zero-order chi connectivity index (χ0) is 21.3. The molecular formula is C22H26ClFN2O3. The van der Waals surface area contributed by atoms with Crippen LogP contribution in [-0.2, 0) is 22.4 Å². The highest BCUT2D eigenvalue weighted by Gasteiger charge is 2.35. The Morgan fingerprint density at radius 2 is 1.93 bits per heavy atom. The summed E-state index contributed by atoms with van der Waals surface area (Å²) < 4.78 is 20.3. The second kappa shape index (κ2) is 8.66. The summed E-state index contributed by atoms with van der Waals surface area (Å²) in [5, 5.41) is 4.25. The van der Waals surface area contributed by atoms with E-state index in [9.17, 15) is 14.0 Å². The summed E-state index contributed by atoms with van der Waals surface area (Å²) in [6.07, 6.45) is 3.61. The van der Waals surface area contributed by atoms with Gasteiger partial charge in [-0.15, -0.1) is 0 Å². The third-order valence-electron chi connectivity index (χ3n) is 5.56. The summed E-state index contributed by atoms with van der Waals surface area (Å²) in [4.78, 5) is 25.3. The molecule has 5 nitrogen and oxygen atoms in total. The first kappa shape index (κ1) is 21.5. The molecule has 1 saturated carbocycles. The molecule has 0 radical (unpaired) electrons. The first-order valence-corrected chi connectivity index (χ1v) is 10.5. The Hall–Kier alpha value is -2.21. The normalized spacial score (nSPS) is 17.8. The van der Waals surface area contributed by atoms with Crippen LogP contribution in [-0.4, -0.2) is 28.8 Å². The average Bonchev–Trinajstić information content (AvgIpc) is 3.53. The second-order valence-corrected chi connectivity index (χ2v) is 7.67. The maximum Gasteiger partial charge on any atom is 0.309 e. The molecule has 0 bridgehead atoms. The van der Waals surface area contributed by atoms with Crippen LogP contribution < -0.4 is 0 Å². The summed E-state index contributed by atoms with van der Waals surface area (Å²) in [6, 6.07) is 2.95. The summed E-state index contributed by atoms with van der Waals surface area (Å²) in [5.41, 5.74) is 3.38. The van der Waals surface area contributed by atoms with Crippen LogP contribution in [0.1, 0.15) is 71.9 Å². The number of halogens is 2. The molecule has 0 amide bonds. The van der Waals surface area contributed by atoms with Crippen LogP contribution in [0.25, 0.3) is 0 Å². The van der Waals surface area contributed by atoms with Crippen molar-refractivity contribution in [2.24, 2.45) is 5.92 Å². The lowest BCUT2D eigenvalue weighted by Crippen LogP contribution is -2.27. The molecule has 1 fully saturated rings. The molecule has 2 aromatic rings. The lowest BCUT2D eigenvalue weighted by atomic mass is 9.86. The lowest BCUT2D eigenvalue weighted by Gasteiger charge is -2.21. The highest BCUT2D eigenvalue weighted by molar-refractivity contribution is 6.34. The SMILES string of the molecule is CC.COC(=O)C1CCc2c(C)nn(C(=O)c3c(C4CC4)ccc(F)c3Cl)c2C1. The molecule has 7 heteroatoms. The number of hydrogen-bond donors (Lipinski definition) is 0. The molecule has 0 saturated heterocycles. The molecular weight excluding hydrogens is 395 g/mol. The molecule has 1 atom stereocenters. The van der Waals surface area contributed by atoms with Crippen LogP contribution in [0.2, 0.25) is 5.02 Å². The van der Waals surface area contributed by atoms with E-state index in [4.69, 9.17) is 16.3 Å². The van der Waals surface area contributed by atoms with E-state index in [1.165, 1.54) is 17.9 Å². The number of ether oxygens (including phenoxy) is 1. The highest BCUT2D eigenvalue weighted by atomic mass is 35.5. The van der Waals surface area contributed by atoms with Crippen LogP contribution in [0.5, 0.6) is 0 Å². The quantitative estimate of drug-likeness (QED) is 0.665. The molecule has 0 N–H and O–H groups in total. The average molecular weight is 421 g/mol. The van der Waals surface area contributed by atoms with Crippen molar-refractivity contribution < 1.29 is 18.7 Å². The van der Waals surface area contributed by atoms with Crippen molar-refractivity contribution in [3.63, 3.8) is 0 Å². The fraction of sp³-hybridized carbons (Fsp3) is 0.500. The Kier molecular flexibility index (Phi) is 6.42. The number of methoxy groups -OCH3 is 1. The van der Waals surface area contributed by atoms with E-state index < -0.39 is 11.7 Å². The predicted octanol–water partition coefficient (Wildman–Crippen LogP) is 4.85. The molecule has 0 aliphatic heterocycles. The monoisotopic (exact) mass is 420 g/mol. The third-order valence-corrected chi connectivity index (χ3v) is 5.93. The number of rotatable bonds is 3. The minimum absolute atomic E-state index is 0.161. The van der Waals surface area contributed by atoms with Gasteiger partial charge in [0.1, 0.15) is 5.82 Å². The Bertz CT molecular complexity index is 950. The Labute approximate surface area is 175 Å². The largest absolute Gasteiger partial charge is 0.469 e. The van der Waals surface area contributed by atoms with E-state index in [0.717, 1.165) is 29.7 Å². The van der Waals surface area contributed by atoms with Crippen molar-refractivity contribution in [3.8, 4) is 0 Å². The van der Waals surface area contributed by atoms with Gasteiger partial charge in [0, 0.05) is 6.42 Å². The predicted molar refractivity (Wildman–Crippen MR) is 109 cm³/mol. The lowest BCUT2D eigenvalue weighted by molar-refractivity contribution is -0.145. The molecule has 4 rings (SSSR count). The van der Waals surface area contributed by atoms with Crippen LogP contribution in [0.15, 0.2) is 12.1 Å². The van der Waals surface area contributed by atoms with Gasteiger partial charge in [-0.3, -0.25) is 9.59 Å². The van der Waals surface area contributed by atoms with Gasteiger partial charge in [0.05, 0.1) is 35.0 Å². The van der Waals surface area contributed by atoms with Gasteiger partial charge in [-0.2, -0.15) is 5.10 Å². The van der Waals surface area contributed by atoms with Gasteiger partial charge < -0.3 is 4.74 Å². The van der Waals surface area contributed by atoms with Crippen molar-refractivity contribution in [2.75, 3.05) is 7.11 Å². The van der Waals surface area contributed by atoms with Crippen LogP contribution in [0, 0.1) is 18.7 Å². The molecule has 1 aromatic heterocycles. The summed E-state index contributed by atoms with van der Waals surface area (Å²) >= 11 is 6.20. The number of nitrogens with zero attached hydrogens (tertiary/aromatic N) is 2. The van der Waals surface area contributed by atoms with E-state index in [-0.39, 0.29) is 28.4 Å². The number of fused-ring (bicyclic) bond motifs is 1. The molecule has 1 heterocycles. The molecule has 2 aliphatic rings. The number of carbonyl (C=O) groups excluding carboxylic acids is 2. The van der Waals surface area contributed by atoms with Gasteiger partial charge in [0.25, 0.3) is 5.91 Å². The smallest absolute Gasteiger partial charge is 0.309 e. The van der Waals surface area contributed by atoms with Crippen LogP contribution >= 0.6 is 11.6 Å². The topological polar surface area (TPSA) is 61.2 Å². The zero-order valence-corrected chi connectivity index (χ0v) is 18.0. The fourth-order valence-corrected chi connectivity index (χ4v) is 4.21. The van der Waals surface area contributed by atoms with Gasteiger partial charge in [0.2, 0.25) is 0 Å². The van der Waals surface area contributed by atoms with Crippen LogP contribution in [0.4, 0.5) is 4.39 Å². The Morgan fingerprint density at radius 3 is 2.55 bits per heavy atom. The third kappa shape index (κ3) is 3.95. The van der Waals surface area contributed by atoms with Crippen molar-refractivity contribution in [1.29, 1.82) is 0 Å². The van der Waals surface area contributed by atoms with Crippen molar-refractivity contribution in [3.05, 3.63) is 51.1 Å². The van der Waals surface area contributed by atoms with E-state index in [2.05, 4.69) is 5.10 Å². The maximum absolute atomic E-state index is 14.1. The molecule has 1 aromatic carbocycles. The molecule has 1 unspecified atom stereocenters. The van der Waals surface area contributed by atoms with E-state index in [1.54, 1.807) is 6.07 Å². The van der Waals surface area contributed by atoms with Crippen molar-refractivity contribution in [2.45, 2.75) is 58.8 Å². The van der Waals surface area contributed by atoms with Gasteiger partial charge in [-0.1, -0.05) is 31.5 Å². The molecule has 29 heavy (non-hydrogen) atoms. The van der Waals surface area contributed by atoms with E-state index in [0.29, 0.717) is 25.0 Å². The molecule has 0 spiro atoms. The van der Waals surface area contributed by atoms with Gasteiger partial charge in [-0.05, 0) is 55.7 Å². The Balaban J connectivity index is 0.00000117. The minimum Gasteiger partial charge on any atom is -0.469 e. The van der Waals surface area contributed by atoms with Gasteiger partial charge in [-0.25, -0.2) is 9.07 Å². The summed E-state index contributed by atoms with van der Waals surface area (Å²) in [5.74, 6) is -1.42. The second-order valence-electron chi connectivity index (χ2n) is 7.29. The number of esters is 1. The van der Waals surface area contributed by atoms with E-state index >= 15 is 0 Å². The first-order valence-electron chi connectivity index (χ1n) is 10.1. The number of benzene rings is 1. The first-order chi connectivity index (χ1) is 13.9. The highest BCUT2D eigenvalue weighted by Crippen LogP contribution is 2.44. The van der Waals surface area contributed by atoms with Gasteiger partial charge >= 0.3 is 5.97 Å². The number of hydrogen-bond acceptors (Lipinski definition) is 4. The van der Waals surface area contributed by atoms with Crippen molar-refractivity contribution >= 4 is 23.5 Å². The van der Waals surface area contributed by atoms with Crippen molar-refractivity contribution in [1.82, 2.24) is 9.78 Å². The molecule has 2 aliphatic carbocycles. The zero-order valence-electron chi connectivity index (χ0n) is 17.2. The fourth-order valence-electron chi connectivity index (χ4n) is 3.96. The number of aryl methyl sites for hydroxylation is 1. The van der Waals surface area contributed by atoms with Crippen LogP contribution in [0.3, 0.4) is 0 Å². The van der Waals surface area contributed by atoms with E-state index in [1.807, 2.05) is 20.8 Å². The summed E-state index contributed by atoms with van der Waals surface area (Å²) in [6.45, 7) is 5.84. The Morgan fingerprint density at radius 1 is 1.24 bits per heavy atom. The maximum atomic E-state index is 14.1. The minimum atomic E-state index is -0.616. The number of aromatic nitrogens is 2. The number of carbonyl (C=O) groups is 2. The summed E-state index contributed by atoms with van der Waals surface area (Å²) in [7, 11) is 1.36. The van der Waals surface area contributed by atoms with Gasteiger partial charge in [0.15, 0.2) is 0 Å². The standard InChI is InChI=1S/C20H20ClFN2O3.C2H6/c1-10-13-6-5-12(20(26)27-2)9-16(13)24(23-10)19(25)17-14(11-3-4-11)7-8-15(22)18(17)21;1-2/h7-8,11-12H,3-6,9H2,1-2H3;1-2H3. The molecule has 156 valence electrons.